The molecule has 0 aliphatic heterocycles. The number of halogens is 1. The van der Waals surface area contributed by atoms with Crippen molar-refractivity contribution < 1.29 is 4.39 Å². The van der Waals surface area contributed by atoms with E-state index < -0.39 is 0 Å². The summed E-state index contributed by atoms with van der Waals surface area (Å²) >= 11 is 0. The first-order chi connectivity index (χ1) is 7.81. The van der Waals surface area contributed by atoms with E-state index in [9.17, 15) is 4.39 Å². The number of rotatable bonds is 4. The molecule has 2 rings (SSSR count). The Balaban J connectivity index is 2.23. The first-order valence-electron chi connectivity index (χ1n) is 5.24. The summed E-state index contributed by atoms with van der Waals surface area (Å²) in [5.74, 6) is -0.239. The lowest BCUT2D eigenvalue weighted by atomic mass is 10.1. The lowest BCUT2D eigenvalue weighted by molar-refractivity contribution is 0.608. The van der Waals surface area contributed by atoms with Crippen LogP contribution >= 0.6 is 0 Å². The topological polar surface area (TPSA) is 29.9 Å². The van der Waals surface area contributed by atoms with E-state index in [4.69, 9.17) is 0 Å². The van der Waals surface area contributed by atoms with E-state index in [-0.39, 0.29) is 5.82 Å². The summed E-state index contributed by atoms with van der Waals surface area (Å²) in [6.45, 7) is 0.848. The van der Waals surface area contributed by atoms with Crippen LogP contribution in [-0.4, -0.2) is 23.4 Å². The summed E-state index contributed by atoms with van der Waals surface area (Å²) in [5, 5.41) is 7.04. The highest BCUT2D eigenvalue weighted by Gasteiger charge is 2.05. The third kappa shape index (κ3) is 2.28. The SMILES string of the molecule is CNCCc1ccc(-n2cccn2)c(F)c1. The highest BCUT2D eigenvalue weighted by atomic mass is 19.1. The van der Waals surface area contributed by atoms with E-state index in [1.54, 1.807) is 30.6 Å². The third-order valence-electron chi connectivity index (χ3n) is 2.43. The van der Waals surface area contributed by atoms with Gasteiger partial charge in [-0.05, 0) is 43.8 Å². The Bertz CT molecular complexity index is 451. The molecule has 0 radical (unpaired) electrons. The van der Waals surface area contributed by atoms with Crippen LogP contribution in [0.2, 0.25) is 0 Å². The van der Waals surface area contributed by atoms with Gasteiger partial charge in [-0.25, -0.2) is 9.07 Å². The molecular formula is C12H14FN3. The van der Waals surface area contributed by atoms with E-state index in [0.29, 0.717) is 5.69 Å². The maximum Gasteiger partial charge on any atom is 0.149 e. The van der Waals surface area contributed by atoms with Gasteiger partial charge in [-0.15, -0.1) is 0 Å². The molecule has 0 bridgehead atoms. The summed E-state index contributed by atoms with van der Waals surface area (Å²) in [4.78, 5) is 0. The van der Waals surface area contributed by atoms with Gasteiger partial charge in [0.15, 0.2) is 0 Å². The summed E-state index contributed by atoms with van der Waals surface area (Å²) in [5.41, 5.74) is 1.47. The normalized spacial score (nSPS) is 10.6. The van der Waals surface area contributed by atoms with E-state index in [2.05, 4.69) is 10.4 Å². The molecule has 0 aliphatic rings. The van der Waals surface area contributed by atoms with Crippen LogP contribution in [0.1, 0.15) is 5.56 Å². The molecule has 0 unspecified atom stereocenters. The van der Waals surface area contributed by atoms with Crippen molar-refractivity contribution in [3.63, 3.8) is 0 Å². The fraction of sp³-hybridized carbons (Fsp3) is 0.250. The molecule has 1 N–H and O–H groups in total. The standard InChI is InChI=1S/C12H14FN3/c1-14-7-5-10-3-4-12(11(13)9-10)16-8-2-6-15-16/h2-4,6,8-9,14H,5,7H2,1H3. The van der Waals surface area contributed by atoms with Gasteiger partial charge in [0.1, 0.15) is 11.5 Å². The minimum atomic E-state index is -0.239. The van der Waals surface area contributed by atoms with Gasteiger partial charge in [0.25, 0.3) is 0 Å². The molecule has 1 aromatic carbocycles. The summed E-state index contributed by atoms with van der Waals surface area (Å²) in [7, 11) is 1.88. The monoisotopic (exact) mass is 219 g/mol. The zero-order valence-corrected chi connectivity index (χ0v) is 9.15. The van der Waals surface area contributed by atoms with Crippen LogP contribution in [0.5, 0.6) is 0 Å². The first kappa shape index (κ1) is 10.8. The molecule has 1 aromatic heterocycles. The zero-order valence-electron chi connectivity index (χ0n) is 9.15. The first-order valence-corrected chi connectivity index (χ1v) is 5.24. The Morgan fingerprint density at radius 2 is 2.31 bits per heavy atom. The van der Waals surface area contributed by atoms with Crippen molar-refractivity contribution in [3.05, 3.63) is 48.0 Å². The summed E-state index contributed by atoms with van der Waals surface area (Å²) in [6.07, 6.45) is 4.19. The highest BCUT2D eigenvalue weighted by molar-refractivity contribution is 5.35. The molecule has 0 saturated carbocycles. The Morgan fingerprint density at radius 3 is 2.94 bits per heavy atom. The minimum absolute atomic E-state index is 0.239. The Labute approximate surface area is 93.9 Å². The van der Waals surface area contributed by atoms with E-state index in [0.717, 1.165) is 18.5 Å². The average Bonchev–Trinajstić information content (AvgIpc) is 2.80. The maximum atomic E-state index is 13.8. The van der Waals surface area contributed by atoms with Crippen LogP contribution in [0, 0.1) is 5.82 Å². The molecule has 16 heavy (non-hydrogen) atoms. The molecule has 0 spiro atoms. The van der Waals surface area contributed by atoms with Gasteiger partial charge in [-0.2, -0.15) is 5.10 Å². The largest absolute Gasteiger partial charge is 0.319 e. The van der Waals surface area contributed by atoms with Gasteiger partial charge >= 0.3 is 0 Å². The fourth-order valence-electron chi connectivity index (χ4n) is 1.57. The molecule has 84 valence electrons. The van der Waals surface area contributed by atoms with Gasteiger partial charge in [0.2, 0.25) is 0 Å². The highest BCUT2D eigenvalue weighted by Crippen LogP contribution is 2.14. The second kappa shape index (κ2) is 4.90. The van der Waals surface area contributed by atoms with Crippen molar-refractivity contribution >= 4 is 0 Å². The summed E-state index contributed by atoms with van der Waals surface area (Å²) in [6, 6.07) is 7.02. The van der Waals surface area contributed by atoms with Crippen LogP contribution in [0.4, 0.5) is 4.39 Å². The number of benzene rings is 1. The molecule has 0 aliphatic carbocycles. The van der Waals surface area contributed by atoms with E-state index in [1.807, 2.05) is 13.1 Å². The predicted octanol–water partition coefficient (Wildman–Crippen LogP) is 1.77. The van der Waals surface area contributed by atoms with Crippen molar-refractivity contribution in [1.29, 1.82) is 0 Å². The molecule has 1 heterocycles. The molecule has 4 heteroatoms. The third-order valence-corrected chi connectivity index (χ3v) is 2.43. The second-order valence-electron chi connectivity index (χ2n) is 3.59. The predicted molar refractivity (Wildman–Crippen MR) is 61.2 cm³/mol. The van der Waals surface area contributed by atoms with Crippen molar-refractivity contribution in [2.75, 3.05) is 13.6 Å². The van der Waals surface area contributed by atoms with Crippen LogP contribution < -0.4 is 5.32 Å². The number of hydrogen-bond donors (Lipinski definition) is 1. The smallest absolute Gasteiger partial charge is 0.149 e. The van der Waals surface area contributed by atoms with Crippen LogP contribution in [0.15, 0.2) is 36.7 Å². The molecule has 0 fully saturated rings. The van der Waals surface area contributed by atoms with E-state index >= 15 is 0 Å². The second-order valence-corrected chi connectivity index (χ2v) is 3.59. The van der Waals surface area contributed by atoms with E-state index in [1.165, 1.54) is 4.68 Å². The lowest BCUT2D eigenvalue weighted by Gasteiger charge is -2.06. The van der Waals surface area contributed by atoms with Crippen molar-refractivity contribution in [3.8, 4) is 5.69 Å². The van der Waals surface area contributed by atoms with Gasteiger partial charge in [-0.3, -0.25) is 0 Å². The fourth-order valence-corrected chi connectivity index (χ4v) is 1.57. The van der Waals surface area contributed by atoms with Crippen LogP contribution in [-0.2, 0) is 6.42 Å². The maximum absolute atomic E-state index is 13.8. The molecule has 0 amide bonds. The van der Waals surface area contributed by atoms with Crippen LogP contribution in [0.3, 0.4) is 0 Å². The molecule has 0 atom stereocenters. The minimum Gasteiger partial charge on any atom is -0.319 e. The number of nitrogens with zero attached hydrogens (tertiary/aromatic N) is 2. The summed E-state index contributed by atoms with van der Waals surface area (Å²) < 4.78 is 15.3. The Morgan fingerprint density at radius 1 is 1.44 bits per heavy atom. The van der Waals surface area contributed by atoms with Crippen molar-refractivity contribution in [1.82, 2.24) is 15.1 Å². The van der Waals surface area contributed by atoms with Crippen molar-refractivity contribution in [2.45, 2.75) is 6.42 Å². The van der Waals surface area contributed by atoms with Gasteiger partial charge in [0.05, 0.1) is 0 Å². The number of hydrogen-bond acceptors (Lipinski definition) is 2. The van der Waals surface area contributed by atoms with Gasteiger partial charge < -0.3 is 5.32 Å². The quantitative estimate of drug-likeness (QED) is 0.849. The van der Waals surface area contributed by atoms with Crippen LogP contribution in [0.25, 0.3) is 5.69 Å². The zero-order chi connectivity index (χ0) is 11.4. The number of aromatic nitrogens is 2. The average molecular weight is 219 g/mol. The number of likely N-dealkylation sites (N-methyl/N-ethyl adjacent to an activating group) is 1. The lowest BCUT2D eigenvalue weighted by Crippen LogP contribution is -2.10. The molecule has 0 saturated heterocycles. The number of nitrogens with one attached hydrogen (secondary N) is 1. The molecule has 3 nitrogen and oxygen atoms in total. The van der Waals surface area contributed by atoms with Gasteiger partial charge in [0, 0.05) is 12.4 Å². The molecule has 2 aromatic rings. The van der Waals surface area contributed by atoms with Gasteiger partial charge in [-0.1, -0.05) is 6.07 Å². The Kier molecular flexibility index (Phi) is 3.31. The molecular weight excluding hydrogens is 205 g/mol. The van der Waals surface area contributed by atoms with Crippen molar-refractivity contribution in [2.24, 2.45) is 0 Å². The Hall–Kier alpha value is -1.68.